The highest BCUT2D eigenvalue weighted by Gasteiger charge is 2.11. The number of nitrogens with one attached hydrogen (secondary N) is 1. The van der Waals surface area contributed by atoms with Crippen LogP contribution in [0.25, 0.3) is 10.4 Å². The van der Waals surface area contributed by atoms with Crippen LogP contribution in [0.3, 0.4) is 0 Å². The predicted molar refractivity (Wildman–Crippen MR) is 84.3 cm³/mol. The first-order valence-corrected chi connectivity index (χ1v) is 7.83. The summed E-state index contributed by atoms with van der Waals surface area (Å²) in [5, 5.41) is 3.45. The molecule has 2 rings (SSSR count). The molecule has 96 valence electrons. The maximum atomic E-state index is 3.68. The molecule has 1 heterocycles. The van der Waals surface area contributed by atoms with E-state index in [9.17, 15) is 0 Å². The highest BCUT2D eigenvalue weighted by atomic mass is 79.9. The van der Waals surface area contributed by atoms with Crippen LogP contribution in [0.1, 0.15) is 30.3 Å². The molecule has 0 saturated carbocycles. The van der Waals surface area contributed by atoms with Gasteiger partial charge in [-0.25, -0.2) is 0 Å². The van der Waals surface area contributed by atoms with Gasteiger partial charge in [0.25, 0.3) is 0 Å². The number of halogens is 1. The molecule has 1 unspecified atom stereocenters. The van der Waals surface area contributed by atoms with Crippen molar-refractivity contribution in [2.24, 2.45) is 0 Å². The molecule has 0 spiro atoms. The Balaban J connectivity index is 2.32. The van der Waals surface area contributed by atoms with Crippen LogP contribution in [0.2, 0.25) is 0 Å². The Bertz CT molecular complexity index is 533. The molecule has 0 amide bonds. The second-order valence-electron chi connectivity index (χ2n) is 4.42. The standard InChI is InChI=1S/C15H18BrNS/c1-4-17-11(3)13-8-9-14(18-13)12-7-5-6-10(2)15(12)16/h5-9,11,17H,4H2,1-3H3. The van der Waals surface area contributed by atoms with Crippen LogP contribution >= 0.6 is 27.3 Å². The van der Waals surface area contributed by atoms with E-state index in [2.05, 4.69) is 72.3 Å². The van der Waals surface area contributed by atoms with Crippen LogP contribution in [-0.4, -0.2) is 6.54 Å². The van der Waals surface area contributed by atoms with Gasteiger partial charge in [-0.05, 0) is 54.0 Å². The first kappa shape index (κ1) is 13.8. The van der Waals surface area contributed by atoms with Crippen LogP contribution in [0, 0.1) is 6.92 Å². The van der Waals surface area contributed by atoms with Gasteiger partial charge < -0.3 is 5.32 Å². The summed E-state index contributed by atoms with van der Waals surface area (Å²) in [7, 11) is 0. The third-order valence-electron chi connectivity index (χ3n) is 3.02. The normalized spacial score (nSPS) is 12.7. The fourth-order valence-electron chi connectivity index (χ4n) is 1.97. The number of rotatable bonds is 4. The monoisotopic (exact) mass is 323 g/mol. The molecule has 1 aromatic carbocycles. The molecule has 2 aromatic rings. The summed E-state index contributed by atoms with van der Waals surface area (Å²) in [4.78, 5) is 2.71. The van der Waals surface area contributed by atoms with Crippen molar-refractivity contribution in [1.82, 2.24) is 5.32 Å². The average Bonchev–Trinajstić information content (AvgIpc) is 2.82. The van der Waals surface area contributed by atoms with Gasteiger partial charge in [0.2, 0.25) is 0 Å². The molecule has 1 aromatic heterocycles. The van der Waals surface area contributed by atoms with E-state index in [1.165, 1.54) is 25.4 Å². The van der Waals surface area contributed by atoms with Crippen molar-refractivity contribution in [3.8, 4) is 10.4 Å². The highest BCUT2D eigenvalue weighted by molar-refractivity contribution is 9.10. The lowest BCUT2D eigenvalue weighted by Crippen LogP contribution is -2.16. The topological polar surface area (TPSA) is 12.0 Å². The minimum atomic E-state index is 0.428. The van der Waals surface area contributed by atoms with Crippen LogP contribution < -0.4 is 5.32 Å². The summed E-state index contributed by atoms with van der Waals surface area (Å²) in [5.74, 6) is 0. The van der Waals surface area contributed by atoms with Crippen LogP contribution in [0.4, 0.5) is 0 Å². The van der Waals surface area contributed by atoms with Crippen molar-refractivity contribution >= 4 is 27.3 Å². The summed E-state index contributed by atoms with van der Waals surface area (Å²) >= 11 is 5.55. The Labute approximate surface area is 121 Å². The molecular formula is C15H18BrNS. The fourth-order valence-corrected chi connectivity index (χ4v) is 3.65. The quantitative estimate of drug-likeness (QED) is 0.819. The van der Waals surface area contributed by atoms with Gasteiger partial charge >= 0.3 is 0 Å². The van der Waals surface area contributed by atoms with Gasteiger partial charge in [-0.15, -0.1) is 11.3 Å². The number of thiophene rings is 1. The lowest BCUT2D eigenvalue weighted by molar-refractivity contribution is 0.607. The Morgan fingerprint density at radius 2 is 2.06 bits per heavy atom. The first-order chi connectivity index (χ1) is 8.63. The van der Waals surface area contributed by atoms with Crippen molar-refractivity contribution < 1.29 is 0 Å². The second-order valence-corrected chi connectivity index (χ2v) is 6.33. The molecule has 1 nitrogen and oxygen atoms in total. The zero-order valence-electron chi connectivity index (χ0n) is 11.0. The Hall–Kier alpha value is -0.640. The molecule has 0 radical (unpaired) electrons. The lowest BCUT2D eigenvalue weighted by atomic mass is 10.1. The van der Waals surface area contributed by atoms with Crippen molar-refractivity contribution in [2.75, 3.05) is 6.54 Å². The first-order valence-electron chi connectivity index (χ1n) is 6.22. The third-order valence-corrected chi connectivity index (χ3v) is 5.37. The molecule has 0 fully saturated rings. The summed E-state index contributed by atoms with van der Waals surface area (Å²) < 4.78 is 1.20. The van der Waals surface area contributed by atoms with E-state index >= 15 is 0 Å². The number of hydrogen-bond donors (Lipinski definition) is 1. The van der Waals surface area contributed by atoms with Crippen LogP contribution in [0.15, 0.2) is 34.8 Å². The molecule has 1 N–H and O–H groups in total. The number of aryl methyl sites for hydroxylation is 1. The largest absolute Gasteiger partial charge is 0.310 e. The third kappa shape index (κ3) is 2.85. The van der Waals surface area contributed by atoms with Crippen molar-refractivity contribution in [1.29, 1.82) is 0 Å². The minimum absolute atomic E-state index is 0.428. The number of hydrogen-bond acceptors (Lipinski definition) is 2. The van der Waals surface area contributed by atoms with E-state index in [1.807, 2.05) is 11.3 Å². The predicted octanol–water partition coefficient (Wildman–Crippen LogP) is 5.16. The highest BCUT2D eigenvalue weighted by Crippen LogP contribution is 2.36. The number of benzene rings is 1. The fraction of sp³-hybridized carbons (Fsp3) is 0.333. The lowest BCUT2D eigenvalue weighted by Gasteiger charge is -2.09. The zero-order valence-corrected chi connectivity index (χ0v) is 13.4. The average molecular weight is 324 g/mol. The van der Waals surface area contributed by atoms with Gasteiger partial charge in [-0.3, -0.25) is 0 Å². The smallest absolute Gasteiger partial charge is 0.0386 e. The van der Waals surface area contributed by atoms with E-state index in [0.29, 0.717) is 6.04 Å². The molecule has 0 bridgehead atoms. The van der Waals surface area contributed by atoms with Gasteiger partial charge in [0.1, 0.15) is 0 Å². The van der Waals surface area contributed by atoms with Gasteiger partial charge in [-0.1, -0.05) is 25.1 Å². The SMILES string of the molecule is CCNC(C)c1ccc(-c2cccc(C)c2Br)s1. The summed E-state index contributed by atoms with van der Waals surface area (Å²) in [6.45, 7) is 7.48. The minimum Gasteiger partial charge on any atom is -0.310 e. The van der Waals surface area contributed by atoms with E-state index in [4.69, 9.17) is 0 Å². The van der Waals surface area contributed by atoms with Crippen molar-refractivity contribution in [3.05, 3.63) is 45.2 Å². The summed E-state index contributed by atoms with van der Waals surface area (Å²) in [6, 6.07) is 11.3. The van der Waals surface area contributed by atoms with Crippen LogP contribution in [-0.2, 0) is 0 Å². The molecule has 0 saturated heterocycles. The summed E-state index contributed by atoms with van der Waals surface area (Å²) in [5.41, 5.74) is 2.57. The molecular weight excluding hydrogens is 306 g/mol. The van der Waals surface area contributed by atoms with E-state index in [-0.39, 0.29) is 0 Å². The molecule has 0 aliphatic rings. The van der Waals surface area contributed by atoms with E-state index < -0.39 is 0 Å². The van der Waals surface area contributed by atoms with Crippen molar-refractivity contribution in [2.45, 2.75) is 26.8 Å². The molecule has 0 aliphatic heterocycles. The molecule has 1 atom stereocenters. The van der Waals surface area contributed by atoms with Gasteiger partial charge in [0, 0.05) is 25.8 Å². The zero-order chi connectivity index (χ0) is 13.1. The second kappa shape index (κ2) is 6.00. The Morgan fingerprint density at radius 1 is 1.28 bits per heavy atom. The maximum Gasteiger partial charge on any atom is 0.0386 e. The Morgan fingerprint density at radius 3 is 2.78 bits per heavy atom. The van der Waals surface area contributed by atoms with E-state index in [0.717, 1.165) is 6.54 Å². The maximum absolute atomic E-state index is 3.68. The Kier molecular flexibility index (Phi) is 4.60. The van der Waals surface area contributed by atoms with Gasteiger partial charge in [0.05, 0.1) is 0 Å². The molecule has 18 heavy (non-hydrogen) atoms. The van der Waals surface area contributed by atoms with Gasteiger partial charge in [-0.2, -0.15) is 0 Å². The van der Waals surface area contributed by atoms with Crippen LogP contribution in [0.5, 0.6) is 0 Å². The summed E-state index contributed by atoms with van der Waals surface area (Å²) in [6.07, 6.45) is 0. The van der Waals surface area contributed by atoms with Gasteiger partial charge in [0.15, 0.2) is 0 Å². The molecule has 0 aliphatic carbocycles. The van der Waals surface area contributed by atoms with E-state index in [1.54, 1.807) is 0 Å². The van der Waals surface area contributed by atoms with Crippen molar-refractivity contribution in [3.63, 3.8) is 0 Å². The molecule has 3 heteroatoms.